The second kappa shape index (κ2) is 17.0. The van der Waals surface area contributed by atoms with Gasteiger partial charge in [-0.15, -0.1) is 0 Å². The Balaban J connectivity index is -0.0000000450. The Kier molecular flexibility index (Phi) is 44.7. The van der Waals surface area contributed by atoms with Crippen LogP contribution in [0.1, 0.15) is 13.8 Å². The van der Waals surface area contributed by atoms with Crippen molar-refractivity contribution < 1.29 is 36.5 Å². The van der Waals surface area contributed by atoms with Gasteiger partial charge < -0.3 is 17.0 Å². The summed E-state index contributed by atoms with van der Waals surface area (Å²) in [6, 6.07) is 0. The number of rotatable bonds is 0. The van der Waals surface area contributed by atoms with E-state index < -0.39 is 0 Å². The quantitative estimate of drug-likeness (QED) is 0.333. The monoisotopic (exact) mass is 199 g/mol. The molecule has 0 heterocycles. The van der Waals surface area contributed by atoms with Crippen LogP contribution in [0.4, 0.5) is 0 Å². The van der Waals surface area contributed by atoms with Crippen molar-refractivity contribution in [3.63, 3.8) is 0 Å². The molecule has 0 saturated carbocycles. The number of hydrogen-bond acceptors (Lipinski definition) is 0. The van der Waals surface area contributed by atoms with Crippen molar-refractivity contribution in [1.82, 2.24) is 0 Å². The molecule has 2 heteroatoms. The molecule has 0 rings (SSSR count). The fourth-order valence-corrected chi connectivity index (χ4v) is 0. The molecule has 0 aromatic heterocycles. The first-order chi connectivity index (χ1) is 1.91. The van der Waals surface area contributed by atoms with Gasteiger partial charge in [0, 0.05) is 19.5 Å². The zero-order chi connectivity index (χ0) is 3.41. The van der Waals surface area contributed by atoms with Crippen molar-refractivity contribution in [2.24, 2.45) is 0 Å². The largest absolute Gasteiger partial charge is 1.00 e. The van der Waals surface area contributed by atoms with Crippen LogP contribution in [-0.4, -0.2) is 0 Å². The van der Waals surface area contributed by atoms with Gasteiger partial charge in [-0.3, -0.25) is 0 Å². The molecule has 0 N–H and O–H groups in total. The summed E-state index contributed by atoms with van der Waals surface area (Å²) in [6.45, 7) is 4.00. The molecule has 0 aromatic rings. The van der Waals surface area contributed by atoms with Gasteiger partial charge in [-0.2, -0.15) is 0 Å². The van der Waals surface area contributed by atoms with Crippen LogP contribution in [0.5, 0.6) is 0 Å². The molecule has 0 radical (unpaired) electrons. The molecule has 6 heavy (non-hydrogen) atoms. The third-order valence-corrected chi connectivity index (χ3v) is 0.333. The van der Waals surface area contributed by atoms with Crippen LogP contribution in [0.15, 0.2) is 12.2 Å². The van der Waals surface area contributed by atoms with Crippen molar-refractivity contribution in [1.29, 1.82) is 0 Å². The SMILES string of the molecule is C/C=C/C.[Br-].[Zn]. The smallest absolute Gasteiger partial charge is 0 e. The number of halogens is 1. The van der Waals surface area contributed by atoms with E-state index in [1.807, 2.05) is 26.0 Å². The first-order valence-corrected chi connectivity index (χ1v) is 1.49. The summed E-state index contributed by atoms with van der Waals surface area (Å²) in [5.41, 5.74) is 0. The molecule has 0 saturated heterocycles. The molecule has 0 fully saturated rings. The van der Waals surface area contributed by atoms with Gasteiger partial charge in [0.2, 0.25) is 0 Å². The van der Waals surface area contributed by atoms with E-state index >= 15 is 0 Å². The zero-order valence-corrected chi connectivity index (χ0v) is 8.79. The summed E-state index contributed by atoms with van der Waals surface area (Å²) in [5.74, 6) is 0. The topological polar surface area (TPSA) is 0 Å². The van der Waals surface area contributed by atoms with E-state index in [0.717, 1.165) is 0 Å². The van der Waals surface area contributed by atoms with Crippen molar-refractivity contribution in [2.75, 3.05) is 0 Å². The van der Waals surface area contributed by atoms with Crippen LogP contribution in [-0.2, 0) is 19.5 Å². The minimum absolute atomic E-state index is 0. The normalized spacial score (nSPS) is 6.33. The molecule has 0 unspecified atom stereocenters. The maximum atomic E-state index is 2.00. The molecule has 0 nitrogen and oxygen atoms in total. The van der Waals surface area contributed by atoms with E-state index in [0.29, 0.717) is 0 Å². The molecule has 34 valence electrons. The molecule has 0 aliphatic carbocycles. The molecule has 0 amide bonds. The van der Waals surface area contributed by atoms with Gasteiger partial charge in [-0.25, -0.2) is 0 Å². The van der Waals surface area contributed by atoms with Gasteiger partial charge >= 0.3 is 0 Å². The summed E-state index contributed by atoms with van der Waals surface area (Å²) in [6.07, 6.45) is 4.00. The molecule has 0 bridgehead atoms. The first-order valence-electron chi connectivity index (χ1n) is 1.49. The minimum atomic E-state index is 0. The summed E-state index contributed by atoms with van der Waals surface area (Å²) in [5, 5.41) is 0. The van der Waals surface area contributed by atoms with Crippen LogP contribution in [0.25, 0.3) is 0 Å². The van der Waals surface area contributed by atoms with E-state index in [2.05, 4.69) is 0 Å². The fourth-order valence-electron chi connectivity index (χ4n) is 0. The molecule has 0 aliphatic rings. The van der Waals surface area contributed by atoms with Crippen molar-refractivity contribution in [3.8, 4) is 0 Å². The maximum Gasteiger partial charge on any atom is 0 e. The summed E-state index contributed by atoms with van der Waals surface area (Å²) < 4.78 is 0. The first kappa shape index (κ1) is 15.8. The van der Waals surface area contributed by atoms with Gasteiger partial charge in [0.15, 0.2) is 0 Å². The molecule has 0 aliphatic heterocycles. The molecule has 0 spiro atoms. The van der Waals surface area contributed by atoms with Gasteiger partial charge in [0.25, 0.3) is 0 Å². The van der Waals surface area contributed by atoms with E-state index in [4.69, 9.17) is 0 Å². The number of allylic oxidation sites excluding steroid dienone is 2. The van der Waals surface area contributed by atoms with E-state index in [9.17, 15) is 0 Å². The summed E-state index contributed by atoms with van der Waals surface area (Å²) in [4.78, 5) is 0. The van der Waals surface area contributed by atoms with Crippen molar-refractivity contribution >= 4 is 0 Å². The number of hydrogen-bond donors (Lipinski definition) is 0. The van der Waals surface area contributed by atoms with E-state index in [1.54, 1.807) is 0 Å². The zero-order valence-electron chi connectivity index (χ0n) is 4.24. The molecular formula is C4H8BrZn-. The average molecular weight is 201 g/mol. The van der Waals surface area contributed by atoms with Crippen LogP contribution in [0, 0.1) is 0 Å². The Morgan fingerprint density at radius 1 is 1.00 bits per heavy atom. The Bertz CT molecular complexity index is 22.7. The third kappa shape index (κ3) is 21.1. The third-order valence-electron chi connectivity index (χ3n) is 0.333. The van der Waals surface area contributed by atoms with Crippen LogP contribution >= 0.6 is 0 Å². The van der Waals surface area contributed by atoms with Crippen LogP contribution in [0.2, 0.25) is 0 Å². The maximum absolute atomic E-state index is 2.00. The Labute approximate surface area is 62.5 Å². The van der Waals surface area contributed by atoms with Gasteiger partial charge in [-0.05, 0) is 13.8 Å². The van der Waals surface area contributed by atoms with Gasteiger partial charge in [-0.1, -0.05) is 12.2 Å². The van der Waals surface area contributed by atoms with Crippen LogP contribution in [0.3, 0.4) is 0 Å². The molecule has 0 atom stereocenters. The molecule has 0 aromatic carbocycles. The van der Waals surface area contributed by atoms with Gasteiger partial charge in [0.05, 0.1) is 0 Å². The Morgan fingerprint density at radius 3 is 1.17 bits per heavy atom. The Morgan fingerprint density at radius 2 is 1.17 bits per heavy atom. The molecular weight excluding hydrogens is 193 g/mol. The standard InChI is InChI=1S/C4H8.BrH.Zn/c1-3-4-2;;/h3-4H,1-2H3;1H;/p-1/b4-3+;;. The predicted octanol–water partition coefficient (Wildman–Crippen LogP) is -1.42. The second-order valence-electron chi connectivity index (χ2n) is 0.667. The average Bonchev–Trinajstić information content (AvgIpc) is 1.37. The van der Waals surface area contributed by atoms with Gasteiger partial charge in [0.1, 0.15) is 0 Å². The van der Waals surface area contributed by atoms with E-state index in [-0.39, 0.29) is 36.5 Å². The predicted molar refractivity (Wildman–Crippen MR) is 20.5 cm³/mol. The Hall–Kier alpha value is 0.843. The summed E-state index contributed by atoms with van der Waals surface area (Å²) >= 11 is 0. The summed E-state index contributed by atoms with van der Waals surface area (Å²) in [7, 11) is 0. The van der Waals surface area contributed by atoms with E-state index in [1.165, 1.54) is 0 Å². The fraction of sp³-hybridized carbons (Fsp3) is 0.500. The minimum Gasteiger partial charge on any atom is -1.00 e. The van der Waals surface area contributed by atoms with Crippen molar-refractivity contribution in [2.45, 2.75) is 13.8 Å². The van der Waals surface area contributed by atoms with Crippen molar-refractivity contribution in [3.05, 3.63) is 12.2 Å². The van der Waals surface area contributed by atoms with Crippen LogP contribution < -0.4 is 17.0 Å². The second-order valence-corrected chi connectivity index (χ2v) is 0.667.